The maximum Gasteiger partial charge on any atom is 0.266 e. The summed E-state index contributed by atoms with van der Waals surface area (Å²) < 4.78 is 12.4. The van der Waals surface area contributed by atoms with Crippen LogP contribution in [-0.2, 0) is 22.4 Å². The SMILES string of the molecule is O=C(NNCCc1cccc(Cl)c1)[C@@]1(Cc2ccccc2)N=C(c2ccc(OCCCO)cc2)O[C@H]1c1ccc(-c2ccccc2)cc1. The third-order valence-corrected chi connectivity index (χ3v) is 8.53. The number of nitrogens with one attached hydrogen (secondary N) is 2. The lowest BCUT2D eigenvalue weighted by Crippen LogP contribution is -2.54. The molecular formula is C40H38ClN3O4. The van der Waals surface area contributed by atoms with Crippen molar-refractivity contribution in [1.29, 1.82) is 0 Å². The normalized spacial score (nSPS) is 17.0. The summed E-state index contributed by atoms with van der Waals surface area (Å²) in [7, 11) is 0. The Kier molecular flexibility index (Phi) is 10.8. The Labute approximate surface area is 286 Å². The van der Waals surface area contributed by atoms with E-state index in [0.717, 1.165) is 33.4 Å². The van der Waals surface area contributed by atoms with Crippen molar-refractivity contribution in [1.82, 2.24) is 10.9 Å². The quantitative estimate of drug-likeness (QED) is 0.0872. The number of carbonyl (C=O) groups excluding carboxylic acids is 1. The van der Waals surface area contributed by atoms with Gasteiger partial charge in [0.2, 0.25) is 5.90 Å². The summed E-state index contributed by atoms with van der Waals surface area (Å²) in [6.45, 7) is 0.982. The van der Waals surface area contributed by atoms with Crippen molar-refractivity contribution in [2.75, 3.05) is 19.8 Å². The number of rotatable bonds is 14. The number of hydrogen-bond acceptors (Lipinski definition) is 6. The first-order chi connectivity index (χ1) is 23.5. The minimum absolute atomic E-state index is 0.0669. The Morgan fingerprint density at radius 2 is 1.48 bits per heavy atom. The molecule has 1 heterocycles. The molecule has 5 aromatic carbocycles. The molecule has 1 amide bonds. The van der Waals surface area contributed by atoms with Crippen LogP contribution in [0.25, 0.3) is 11.1 Å². The number of amides is 1. The fraction of sp³-hybridized carbons (Fsp3) is 0.200. The fourth-order valence-electron chi connectivity index (χ4n) is 5.82. The lowest BCUT2D eigenvalue weighted by molar-refractivity contribution is -0.130. The van der Waals surface area contributed by atoms with E-state index in [1.807, 2.05) is 109 Å². The zero-order chi connectivity index (χ0) is 33.2. The smallest absolute Gasteiger partial charge is 0.266 e. The number of carbonyl (C=O) groups is 1. The topological polar surface area (TPSA) is 92.2 Å². The number of ether oxygens (including phenoxy) is 2. The van der Waals surface area contributed by atoms with E-state index in [1.54, 1.807) is 0 Å². The van der Waals surface area contributed by atoms with Gasteiger partial charge < -0.3 is 14.6 Å². The average molecular weight is 660 g/mol. The number of hydrazine groups is 1. The predicted molar refractivity (Wildman–Crippen MR) is 190 cm³/mol. The van der Waals surface area contributed by atoms with E-state index in [-0.39, 0.29) is 12.5 Å². The average Bonchev–Trinajstić information content (AvgIpc) is 3.51. The van der Waals surface area contributed by atoms with Crippen LogP contribution in [0.2, 0.25) is 5.02 Å². The number of nitrogens with zero attached hydrogens (tertiary/aromatic N) is 1. The summed E-state index contributed by atoms with van der Waals surface area (Å²) in [5.74, 6) is 0.753. The standard InChI is InChI=1S/C40H38ClN3O4/c41-35-14-7-11-29(27-35)23-24-42-44-39(46)40(28-30-9-3-1-4-10-30)37(33-17-15-32(16-18-33)31-12-5-2-6-13-31)48-38(43-40)34-19-21-36(22-20-34)47-26-8-25-45/h1-7,9-22,27,37,42,45H,8,23-26,28H2,(H,44,46)/t37-,40-/m0/s1. The molecule has 0 aromatic heterocycles. The van der Waals surface area contributed by atoms with Crippen molar-refractivity contribution in [2.45, 2.75) is 30.9 Å². The van der Waals surface area contributed by atoms with E-state index in [2.05, 4.69) is 35.1 Å². The first kappa shape index (κ1) is 33.0. The monoisotopic (exact) mass is 659 g/mol. The Morgan fingerprint density at radius 1 is 0.812 bits per heavy atom. The van der Waals surface area contributed by atoms with Crippen LogP contribution in [0.3, 0.4) is 0 Å². The van der Waals surface area contributed by atoms with Gasteiger partial charge in [-0.2, -0.15) is 0 Å². The van der Waals surface area contributed by atoms with Gasteiger partial charge in [-0.25, -0.2) is 10.4 Å². The number of aliphatic imine (C=N–C) groups is 1. The molecule has 7 nitrogen and oxygen atoms in total. The second-order valence-corrected chi connectivity index (χ2v) is 12.1. The van der Waals surface area contributed by atoms with Crippen LogP contribution in [0.4, 0.5) is 0 Å². The van der Waals surface area contributed by atoms with Crippen LogP contribution in [-0.4, -0.2) is 42.2 Å². The highest BCUT2D eigenvalue weighted by Gasteiger charge is 2.53. The summed E-state index contributed by atoms with van der Waals surface area (Å²) in [5, 5.41) is 9.77. The van der Waals surface area contributed by atoms with Crippen LogP contribution in [0.5, 0.6) is 5.75 Å². The number of aliphatic hydroxyl groups is 1. The van der Waals surface area contributed by atoms with E-state index >= 15 is 0 Å². The van der Waals surface area contributed by atoms with Crippen LogP contribution in [0.1, 0.15) is 34.8 Å². The molecular weight excluding hydrogens is 622 g/mol. The van der Waals surface area contributed by atoms with Gasteiger partial charge in [0.15, 0.2) is 11.6 Å². The first-order valence-electron chi connectivity index (χ1n) is 16.1. The van der Waals surface area contributed by atoms with Crippen molar-refractivity contribution in [3.05, 3.63) is 161 Å². The Morgan fingerprint density at radius 3 is 2.19 bits per heavy atom. The van der Waals surface area contributed by atoms with Crippen molar-refractivity contribution < 1.29 is 19.4 Å². The zero-order valence-corrected chi connectivity index (χ0v) is 27.3. The molecule has 8 heteroatoms. The van der Waals surface area contributed by atoms with Gasteiger partial charge in [0, 0.05) is 36.6 Å². The highest BCUT2D eigenvalue weighted by Crippen LogP contribution is 2.43. The zero-order valence-electron chi connectivity index (χ0n) is 26.5. The van der Waals surface area contributed by atoms with E-state index in [9.17, 15) is 4.79 Å². The molecule has 244 valence electrons. The van der Waals surface area contributed by atoms with Gasteiger partial charge in [-0.3, -0.25) is 10.2 Å². The molecule has 0 spiro atoms. The van der Waals surface area contributed by atoms with Crippen molar-refractivity contribution in [3.8, 4) is 16.9 Å². The molecule has 1 aliphatic rings. The van der Waals surface area contributed by atoms with Crippen LogP contribution in [0, 0.1) is 0 Å². The van der Waals surface area contributed by atoms with Gasteiger partial charge in [0.25, 0.3) is 5.91 Å². The second kappa shape index (κ2) is 15.8. The van der Waals surface area contributed by atoms with Crippen molar-refractivity contribution in [3.63, 3.8) is 0 Å². The second-order valence-electron chi connectivity index (χ2n) is 11.7. The largest absolute Gasteiger partial charge is 0.494 e. The highest BCUT2D eigenvalue weighted by atomic mass is 35.5. The van der Waals surface area contributed by atoms with Crippen molar-refractivity contribution in [2.24, 2.45) is 4.99 Å². The number of halogens is 1. The molecule has 0 bridgehead atoms. The fourth-order valence-corrected chi connectivity index (χ4v) is 6.03. The summed E-state index contributed by atoms with van der Waals surface area (Å²) in [5.41, 5.74) is 10.5. The van der Waals surface area contributed by atoms with Crippen molar-refractivity contribution >= 4 is 23.4 Å². The molecule has 1 aliphatic heterocycles. The van der Waals surface area contributed by atoms with Crippen LogP contribution < -0.4 is 15.6 Å². The minimum atomic E-state index is -1.33. The summed E-state index contributed by atoms with van der Waals surface area (Å²) in [6.07, 6.45) is 0.820. The minimum Gasteiger partial charge on any atom is -0.494 e. The Bertz CT molecular complexity index is 1820. The molecule has 3 N–H and O–H groups in total. The molecule has 0 radical (unpaired) electrons. The third-order valence-electron chi connectivity index (χ3n) is 8.30. The van der Waals surface area contributed by atoms with E-state index in [0.29, 0.717) is 49.1 Å². The molecule has 5 aromatic rings. The maximum absolute atomic E-state index is 14.5. The van der Waals surface area contributed by atoms with E-state index < -0.39 is 11.6 Å². The summed E-state index contributed by atoms with van der Waals surface area (Å²) >= 11 is 6.17. The third kappa shape index (κ3) is 7.94. The molecule has 2 atom stereocenters. The van der Waals surface area contributed by atoms with Gasteiger partial charge >= 0.3 is 0 Å². The maximum atomic E-state index is 14.5. The van der Waals surface area contributed by atoms with E-state index in [1.165, 1.54) is 0 Å². The van der Waals surface area contributed by atoms with E-state index in [4.69, 9.17) is 31.2 Å². The predicted octanol–water partition coefficient (Wildman–Crippen LogP) is 7.13. The van der Waals surface area contributed by atoms with Gasteiger partial charge in [0.05, 0.1) is 6.61 Å². The molecule has 0 aliphatic carbocycles. The van der Waals surface area contributed by atoms with Gasteiger partial charge in [-0.15, -0.1) is 0 Å². The summed E-state index contributed by atoms with van der Waals surface area (Å²) in [4.78, 5) is 19.6. The molecule has 0 fully saturated rings. The number of aliphatic hydroxyl groups excluding tert-OH is 1. The number of benzene rings is 5. The van der Waals surface area contributed by atoms with Crippen LogP contribution >= 0.6 is 11.6 Å². The molecule has 0 saturated heterocycles. The molecule has 6 rings (SSSR count). The Balaban J connectivity index is 1.33. The lowest BCUT2D eigenvalue weighted by atomic mass is 9.82. The summed E-state index contributed by atoms with van der Waals surface area (Å²) in [6, 6.07) is 43.3. The molecule has 0 saturated carbocycles. The highest BCUT2D eigenvalue weighted by molar-refractivity contribution is 6.30. The van der Waals surface area contributed by atoms with Gasteiger partial charge in [-0.05, 0) is 70.6 Å². The Hall–Kier alpha value is -4.95. The first-order valence-corrected chi connectivity index (χ1v) is 16.5. The molecule has 48 heavy (non-hydrogen) atoms. The number of hydrogen-bond donors (Lipinski definition) is 3. The van der Waals surface area contributed by atoms with Crippen LogP contribution in [0.15, 0.2) is 138 Å². The lowest BCUT2D eigenvalue weighted by Gasteiger charge is -2.31. The van der Waals surface area contributed by atoms with Gasteiger partial charge in [-0.1, -0.05) is 109 Å². The molecule has 0 unspecified atom stereocenters. The van der Waals surface area contributed by atoms with Gasteiger partial charge in [0.1, 0.15) is 5.75 Å².